The number of nitrogens with zero attached hydrogens (tertiary/aromatic N) is 2. The van der Waals surface area contributed by atoms with Crippen molar-refractivity contribution in [2.75, 3.05) is 0 Å². The number of aliphatic hydroxyl groups is 1. The number of aromatic nitrogens is 2. The quantitative estimate of drug-likeness (QED) is 0.269. The summed E-state index contributed by atoms with van der Waals surface area (Å²) in [5.41, 5.74) is -0.926. The Balaban J connectivity index is 1.83. The Labute approximate surface area is 209 Å². The molecule has 0 amide bonds. The Morgan fingerprint density at radius 2 is 1.42 bits per heavy atom. The molecule has 188 valence electrons. The van der Waals surface area contributed by atoms with Gasteiger partial charge in [-0.05, 0) is 55.3 Å². The number of halogens is 6. The van der Waals surface area contributed by atoms with Crippen LogP contribution in [0.3, 0.4) is 0 Å². The van der Waals surface area contributed by atoms with Crippen LogP contribution < -0.4 is 0 Å². The molecular weight excluding hydrogens is 499 g/mol. The van der Waals surface area contributed by atoms with Crippen LogP contribution in [0.25, 0.3) is 28.2 Å². The number of benzene rings is 3. The number of imidazole rings is 1. The minimum absolute atomic E-state index is 0.00667. The Bertz CT molecular complexity index is 1400. The van der Waals surface area contributed by atoms with Crippen LogP contribution in [0.15, 0.2) is 72.9 Å². The average molecular weight is 521 g/mol. The van der Waals surface area contributed by atoms with Gasteiger partial charge in [0.15, 0.2) is 0 Å². The highest BCUT2D eigenvalue weighted by atomic mass is 35.5. The summed E-state index contributed by atoms with van der Waals surface area (Å²) in [4.78, 5) is 4.35. The van der Waals surface area contributed by atoms with E-state index in [1.807, 2.05) is 0 Å². The van der Waals surface area contributed by atoms with Crippen molar-refractivity contribution in [3.05, 3.63) is 94.8 Å². The van der Waals surface area contributed by atoms with Gasteiger partial charge in [0.2, 0.25) is 0 Å². The van der Waals surface area contributed by atoms with Crippen LogP contribution in [-0.2, 0) is 17.7 Å². The van der Waals surface area contributed by atoms with E-state index < -0.39 is 23.3 Å². The molecule has 0 aliphatic carbocycles. The second-order valence-corrected chi connectivity index (χ2v) is 9.46. The number of alkyl halides is 5. The fourth-order valence-corrected chi connectivity index (χ4v) is 4.13. The van der Waals surface area contributed by atoms with Crippen molar-refractivity contribution in [1.29, 1.82) is 0 Å². The molecule has 0 aliphatic heterocycles. The SMILES string of the molecule is CC(C)(O)c1cn(-c2ccc(-c3ccc(Cl)c(C(C)(F)F)c3)cc2)c(-c2ccccc2C(F)(F)F)n1. The Morgan fingerprint density at radius 1 is 0.806 bits per heavy atom. The molecule has 1 aromatic heterocycles. The maximum Gasteiger partial charge on any atom is 0.417 e. The molecule has 0 atom stereocenters. The van der Waals surface area contributed by atoms with Crippen molar-refractivity contribution in [2.45, 2.75) is 38.5 Å². The van der Waals surface area contributed by atoms with Gasteiger partial charge in [-0.1, -0.05) is 48.0 Å². The van der Waals surface area contributed by atoms with Gasteiger partial charge >= 0.3 is 6.18 Å². The minimum atomic E-state index is -4.61. The molecule has 0 spiro atoms. The molecule has 0 unspecified atom stereocenters. The molecule has 0 bridgehead atoms. The lowest BCUT2D eigenvalue weighted by Crippen LogP contribution is -2.15. The van der Waals surface area contributed by atoms with Crippen LogP contribution in [0.2, 0.25) is 5.02 Å². The van der Waals surface area contributed by atoms with E-state index in [9.17, 15) is 27.1 Å². The van der Waals surface area contributed by atoms with Crippen molar-refractivity contribution in [2.24, 2.45) is 0 Å². The van der Waals surface area contributed by atoms with Crippen molar-refractivity contribution in [1.82, 2.24) is 9.55 Å². The van der Waals surface area contributed by atoms with Crippen LogP contribution >= 0.6 is 11.6 Å². The standard InChI is InChI=1S/C27H22ClF5N2O/c1-25(2,36)23-15-35(24(34-23)19-6-4-5-7-20(19)27(31,32)33)18-11-8-16(9-12-18)17-10-13-22(28)21(14-17)26(3,29)30/h4-15,36H,1-3H3. The van der Waals surface area contributed by atoms with E-state index in [-0.39, 0.29) is 27.7 Å². The highest BCUT2D eigenvalue weighted by Crippen LogP contribution is 2.39. The van der Waals surface area contributed by atoms with Gasteiger partial charge in [-0.25, -0.2) is 13.8 Å². The van der Waals surface area contributed by atoms with Crippen molar-refractivity contribution >= 4 is 11.6 Å². The number of hydrogen-bond donors (Lipinski definition) is 1. The first kappa shape index (κ1) is 25.9. The highest BCUT2D eigenvalue weighted by Gasteiger charge is 2.35. The molecule has 3 nitrogen and oxygen atoms in total. The molecule has 1 heterocycles. The summed E-state index contributed by atoms with van der Waals surface area (Å²) < 4.78 is 70.5. The molecule has 0 radical (unpaired) electrons. The zero-order chi connectivity index (χ0) is 26.5. The van der Waals surface area contributed by atoms with E-state index in [0.717, 1.165) is 13.0 Å². The summed E-state index contributed by atoms with van der Waals surface area (Å²) in [6, 6.07) is 16.0. The average Bonchev–Trinajstić information content (AvgIpc) is 3.24. The maximum atomic E-state index is 13.9. The third-order valence-electron chi connectivity index (χ3n) is 5.72. The lowest BCUT2D eigenvalue weighted by atomic mass is 10.0. The second kappa shape index (κ2) is 9.01. The summed E-state index contributed by atoms with van der Waals surface area (Å²) in [5.74, 6) is -3.12. The van der Waals surface area contributed by atoms with Crippen LogP contribution in [0, 0.1) is 0 Å². The molecule has 4 rings (SSSR count). The van der Waals surface area contributed by atoms with Gasteiger partial charge in [0.05, 0.1) is 11.3 Å². The third-order valence-corrected chi connectivity index (χ3v) is 6.05. The maximum absolute atomic E-state index is 13.9. The molecule has 36 heavy (non-hydrogen) atoms. The molecule has 3 aromatic carbocycles. The summed E-state index contributed by atoms with van der Waals surface area (Å²) in [6.45, 7) is 3.74. The van der Waals surface area contributed by atoms with E-state index >= 15 is 0 Å². The van der Waals surface area contributed by atoms with Crippen LogP contribution in [0.4, 0.5) is 22.0 Å². The van der Waals surface area contributed by atoms with E-state index in [4.69, 9.17) is 11.6 Å². The van der Waals surface area contributed by atoms with Crippen LogP contribution in [0.5, 0.6) is 0 Å². The van der Waals surface area contributed by atoms with Crippen LogP contribution in [-0.4, -0.2) is 14.7 Å². The monoisotopic (exact) mass is 520 g/mol. The van der Waals surface area contributed by atoms with E-state index in [2.05, 4.69) is 4.98 Å². The molecule has 4 aromatic rings. The van der Waals surface area contributed by atoms with Crippen molar-refractivity contribution < 1.29 is 27.1 Å². The van der Waals surface area contributed by atoms with Crippen LogP contribution in [0.1, 0.15) is 37.6 Å². The molecular formula is C27H22ClF5N2O. The first-order valence-electron chi connectivity index (χ1n) is 10.9. The molecule has 0 saturated carbocycles. The number of hydrogen-bond acceptors (Lipinski definition) is 2. The van der Waals surface area contributed by atoms with Crippen molar-refractivity contribution in [3.63, 3.8) is 0 Å². The van der Waals surface area contributed by atoms with Gasteiger partial charge < -0.3 is 5.11 Å². The summed E-state index contributed by atoms with van der Waals surface area (Å²) in [7, 11) is 0. The fraction of sp³-hybridized carbons (Fsp3) is 0.222. The molecule has 0 saturated heterocycles. The Hall–Kier alpha value is -3.23. The molecule has 0 fully saturated rings. The summed E-state index contributed by atoms with van der Waals surface area (Å²) in [6.07, 6.45) is -3.13. The molecule has 1 N–H and O–H groups in total. The summed E-state index contributed by atoms with van der Waals surface area (Å²) >= 11 is 5.94. The van der Waals surface area contributed by atoms with E-state index in [0.29, 0.717) is 16.8 Å². The highest BCUT2D eigenvalue weighted by molar-refractivity contribution is 6.31. The first-order chi connectivity index (χ1) is 16.7. The smallest absolute Gasteiger partial charge is 0.384 e. The van der Waals surface area contributed by atoms with Gasteiger partial charge in [0, 0.05) is 35.0 Å². The van der Waals surface area contributed by atoms with E-state index in [1.165, 1.54) is 54.9 Å². The lowest BCUT2D eigenvalue weighted by molar-refractivity contribution is -0.137. The topological polar surface area (TPSA) is 38.0 Å². The third kappa shape index (κ3) is 5.15. The number of rotatable bonds is 5. The predicted octanol–water partition coefficient (Wildman–Crippen LogP) is 8.22. The summed E-state index contributed by atoms with van der Waals surface area (Å²) in [5, 5.41) is 10.4. The minimum Gasteiger partial charge on any atom is -0.384 e. The van der Waals surface area contributed by atoms with Gasteiger partial charge in [0.25, 0.3) is 5.92 Å². The first-order valence-corrected chi connectivity index (χ1v) is 11.3. The largest absolute Gasteiger partial charge is 0.417 e. The fourth-order valence-electron chi connectivity index (χ4n) is 3.84. The van der Waals surface area contributed by atoms with Crippen molar-refractivity contribution in [3.8, 4) is 28.2 Å². The molecule has 9 heteroatoms. The molecule has 0 aliphatic rings. The zero-order valence-corrected chi connectivity index (χ0v) is 20.3. The zero-order valence-electron chi connectivity index (χ0n) is 19.5. The van der Waals surface area contributed by atoms with Gasteiger partial charge in [-0.2, -0.15) is 13.2 Å². The Kier molecular flexibility index (Phi) is 6.47. The van der Waals surface area contributed by atoms with Gasteiger partial charge in [-0.15, -0.1) is 0 Å². The van der Waals surface area contributed by atoms with E-state index in [1.54, 1.807) is 30.3 Å². The lowest BCUT2D eigenvalue weighted by Gasteiger charge is -2.15. The normalized spacial score (nSPS) is 12.7. The second-order valence-electron chi connectivity index (χ2n) is 9.05. The Morgan fingerprint density at radius 3 is 2.00 bits per heavy atom. The van der Waals surface area contributed by atoms with Gasteiger partial charge in [-0.3, -0.25) is 4.57 Å². The van der Waals surface area contributed by atoms with Gasteiger partial charge in [0.1, 0.15) is 11.4 Å². The predicted molar refractivity (Wildman–Crippen MR) is 129 cm³/mol.